The van der Waals surface area contributed by atoms with E-state index in [0.29, 0.717) is 34.2 Å². The zero-order valence-corrected chi connectivity index (χ0v) is 25.2. The molecule has 1 aliphatic heterocycles. The molecule has 5 rings (SSSR count). The number of carbonyl (C=O) groups is 2. The zero-order chi connectivity index (χ0) is 30.2. The molecular weight excluding hydrogens is 546 g/mol. The average Bonchev–Trinajstić information content (AvgIpc) is 3.23. The number of nitrogens with zero attached hydrogens (tertiary/aromatic N) is 1. The minimum Gasteiger partial charge on any atom is -0.507 e. The van der Waals surface area contributed by atoms with E-state index >= 15 is 0 Å². The van der Waals surface area contributed by atoms with Crippen molar-refractivity contribution < 1.29 is 19.4 Å². The lowest BCUT2D eigenvalue weighted by Crippen LogP contribution is -2.30. The second-order valence-electron chi connectivity index (χ2n) is 11.7. The Labute approximate surface area is 252 Å². The summed E-state index contributed by atoms with van der Waals surface area (Å²) in [6.07, 6.45) is 0. The first-order chi connectivity index (χ1) is 20.0. The second-order valence-corrected chi connectivity index (χ2v) is 12.2. The molecule has 4 aromatic carbocycles. The van der Waals surface area contributed by atoms with Crippen molar-refractivity contribution in [3.05, 3.63) is 135 Å². The van der Waals surface area contributed by atoms with E-state index in [2.05, 4.69) is 20.8 Å². The number of hydrogen-bond acceptors (Lipinski definition) is 4. The summed E-state index contributed by atoms with van der Waals surface area (Å²) in [7, 11) is 0. The van der Waals surface area contributed by atoms with Gasteiger partial charge in [0.15, 0.2) is 0 Å². The van der Waals surface area contributed by atoms with Gasteiger partial charge in [0.2, 0.25) is 0 Å². The molecule has 0 saturated carbocycles. The third kappa shape index (κ3) is 5.70. The van der Waals surface area contributed by atoms with Gasteiger partial charge in [-0.25, -0.2) is 0 Å². The highest BCUT2D eigenvalue weighted by Crippen LogP contribution is 2.44. The lowest BCUT2D eigenvalue weighted by Gasteiger charge is -2.28. The summed E-state index contributed by atoms with van der Waals surface area (Å²) in [6, 6.07) is 27.4. The first kappa shape index (κ1) is 29.2. The number of anilines is 1. The van der Waals surface area contributed by atoms with Gasteiger partial charge in [0.25, 0.3) is 11.7 Å². The lowest BCUT2D eigenvalue weighted by molar-refractivity contribution is -0.132. The average molecular weight is 580 g/mol. The van der Waals surface area contributed by atoms with Crippen LogP contribution in [0.5, 0.6) is 5.75 Å². The van der Waals surface area contributed by atoms with Crippen molar-refractivity contribution in [3.63, 3.8) is 0 Å². The van der Waals surface area contributed by atoms with Crippen LogP contribution in [-0.4, -0.2) is 16.8 Å². The molecule has 1 unspecified atom stereocenters. The van der Waals surface area contributed by atoms with Crippen molar-refractivity contribution in [2.45, 2.75) is 52.7 Å². The molecule has 1 fully saturated rings. The Balaban J connectivity index is 1.60. The Morgan fingerprint density at radius 2 is 1.57 bits per heavy atom. The molecule has 0 aromatic heterocycles. The van der Waals surface area contributed by atoms with Crippen molar-refractivity contribution in [2.75, 3.05) is 4.90 Å². The van der Waals surface area contributed by atoms with Gasteiger partial charge in [-0.15, -0.1) is 0 Å². The maximum absolute atomic E-state index is 13.7. The first-order valence-electron chi connectivity index (χ1n) is 13.9. The summed E-state index contributed by atoms with van der Waals surface area (Å²) in [5.74, 6) is -1.04. The minimum atomic E-state index is -0.842. The van der Waals surface area contributed by atoms with Crippen LogP contribution in [0.1, 0.15) is 60.2 Å². The fourth-order valence-corrected chi connectivity index (χ4v) is 5.42. The Kier molecular flexibility index (Phi) is 7.98. The molecule has 0 aliphatic carbocycles. The van der Waals surface area contributed by atoms with Crippen LogP contribution >= 0.6 is 11.6 Å². The molecule has 4 aromatic rings. The molecule has 6 heteroatoms. The molecule has 5 nitrogen and oxygen atoms in total. The molecule has 1 aliphatic rings. The van der Waals surface area contributed by atoms with Crippen molar-refractivity contribution in [1.82, 2.24) is 0 Å². The summed E-state index contributed by atoms with van der Waals surface area (Å²) < 4.78 is 6.01. The van der Waals surface area contributed by atoms with E-state index in [9.17, 15) is 14.7 Å². The maximum atomic E-state index is 13.7. The van der Waals surface area contributed by atoms with Gasteiger partial charge in [-0.3, -0.25) is 14.5 Å². The molecule has 0 radical (unpaired) electrons. The van der Waals surface area contributed by atoms with Crippen molar-refractivity contribution in [3.8, 4) is 5.75 Å². The standard InChI is InChI=1S/C36H34ClNO4/c1-22-11-17-28(37)20-29(22)38-32(25-12-15-27(16-13-25)36(3,4)5)31(34(40)35(38)41)33(39)26-14-18-30(23(2)19-26)42-21-24-9-7-6-8-10-24/h6-20,32,39H,21H2,1-5H3/b33-31+. The number of aliphatic hydroxyl groups excluding tert-OH is 1. The summed E-state index contributed by atoms with van der Waals surface area (Å²) in [4.78, 5) is 28.7. The van der Waals surface area contributed by atoms with Gasteiger partial charge in [-0.2, -0.15) is 0 Å². The van der Waals surface area contributed by atoms with Crippen LogP contribution < -0.4 is 9.64 Å². The van der Waals surface area contributed by atoms with Gasteiger partial charge < -0.3 is 9.84 Å². The molecule has 214 valence electrons. The van der Waals surface area contributed by atoms with E-state index in [-0.39, 0.29) is 16.7 Å². The van der Waals surface area contributed by atoms with Crippen LogP contribution in [0.4, 0.5) is 5.69 Å². The first-order valence-corrected chi connectivity index (χ1v) is 14.3. The Morgan fingerprint density at radius 3 is 2.21 bits per heavy atom. The van der Waals surface area contributed by atoms with Crippen LogP contribution in [0.25, 0.3) is 5.76 Å². The summed E-state index contributed by atoms with van der Waals surface area (Å²) in [5, 5.41) is 12.1. The predicted molar refractivity (Wildman–Crippen MR) is 168 cm³/mol. The quantitative estimate of drug-likeness (QED) is 0.141. The van der Waals surface area contributed by atoms with Gasteiger partial charge in [0.05, 0.1) is 11.6 Å². The SMILES string of the molecule is Cc1cc(/C(O)=C2\C(=O)C(=O)N(c3cc(Cl)ccc3C)C2c2ccc(C(C)(C)C)cc2)ccc1OCc1ccccc1. The van der Waals surface area contributed by atoms with Gasteiger partial charge in [0.1, 0.15) is 18.1 Å². The topological polar surface area (TPSA) is 66.8 Å². The van der Waals surface area contributed by atoms with Crippen LogP contribution in [0, 0.1) is 13.8 Å². The van der Waals surface area contributed by atoms with E-state index in [1.54, 1.807) is 30.3 Å². The van der Waals surface area contributed by atoms with E-state index < -0.39 is 17.7 Å². The highest BCUT2D eigenvalue weighted by Gasteiger charge is 2.47. The van der Waals surface area contributed by atoms with Crippen LogP contribution in [0.2, 0.25) is 5.02 Å². The molecule has 1 heterocycles. The third-order valence-corrected chi connectivity index (χ3v) is 7.89. The van der Waals surface area contributed by atoms with Gasteiger partial charge in [0, 0.05) is 16.3 Å². The van der Waals surface area contributed by atoms with Crippen LogP contribution in [0.15, 0.2) is 96.6 Å². The van der Waals surface area contributed by atoms with Crippen molar-refractivity contribution in [1.29, 1.82) is 0 Å². The molecule has 1 saturated heterocycles. The highest BCUT2D eigenvalue weighted by atomic mass is 35.5. The maximum Gasteiger partial charge on any atom is 0.300 e. The molecule has 0 spiro atoms. The normalized spacial score (nSPS) is 16.6. The van der Waals surface area contributed by atoms with Crippen LogP contribution in [-0.2, 0) is 21.6 Å². The fraction of sp³-hybridized carbons (Fsp3) is 0.222. The van der Waals surface area contributed by atoms with E-state index in [1.807, 2.05) is 74.5 Å². The molecule has 1 atom stereocenters. The monoisotopic (exact) mass is 579 g/mol. The summed E-state index contributed by atoms with van der Waals surface area (Å²) in [5.41, 5.74) is 5.34. The number of ether oxygens (including phenoxy) is 1. The number of benzene rings is 4. The van der Waals surface area contributed by atoms with E-state index in [0.717, 1.165) is 22.3 Å². The Hall–Kier alpha value is -4.35. The molecule has 0 bridgehead atoms. The molecular formula is C36H34ClNO4. The number of Topliss-reactive ketones (excluding diaryl/α,β-unsaturated/α-hetero) is 1. The second kappa shape index (κ2) is 11.5. The smallest absolute Gasteiger partial charge is 0.300 e. The number of ketones is 1. The molecule has 1 amide bonds. The fourth-order valence-electron chi connectivity index (χ4n) is 5.25. The number of halogens is 1. The van der Waals surface area contributed by atoms with Crippen molar-refractivity contribution >= 4 is 34.7 Å². The zero-order valence-electron chi connectivity index (χ0n) is 24.4. The largest absolute Gasteiger partial charge is 0.507 e. The van der Waals surface area contributed by atoms with Gasteiger partial charge >= 0.3 is 0 Å². The number of amides is 1. The van der Waals surface area contributed by atoms with Crippen molar-refractivity contribution in [2.24, 2.45) is 0 Å². The Bertz CT molecular complexity index is 1680. The van der Waals surface area contributed by atoms with Crippen LogP contribution in [0.3, 0.4) is 0 Å². The summed E-state index contributed by atoms with van der Waals surface area (Å²) >= 11 is 6.34. The number of aliphatic hydroxyl groups is 1. The van der Waals surface area contributed by atoms with E-state index in [4.69, 9.17) is 16.3 Å². The van der Waals surface area contributed by atoms with Gasteiger partial charge in [-0.05, 0) is 77.4 Å². The minimum absolute atomic E-state index is 0.0280. The lowest BCUT2D eigenvalue weighted by atomic mass is 9.85. The number of hydrogen-bond donors (Lipinski definition) is 1. The number of aryl methyl sites for hydroxylation is 2. The third-order valence-electron chi connectivity index (χ3n) is 7.65. The number of carbonyl (C=O) groups excluding carboxylic acids is 2. The molecule has 42 heavy (non-hydrogen) atoms. The van der Waals surface area contributed by atoms with Gasteiger partial charge in [-0.1, -0.05) is 93.0 Å². The summed E-state index contributed by atoms with van der Waals surface area (Å²) in [6.45, 7) is 10.5. The highest BCUT2D eigenvalue weighted by molar-refractivity contribution is 6.52. The Morgan fingerprint density at radius 1 is 0.881 bits per heavy atom. The molecule has 1 N–H and O–H groups in total. The predicted octanol–water partition coefficient (Wildman–Crippen LogP) is 8.46. The van der Waals surface area contributed by atoms with E-state index in [1.165, 1.54) is 4.90 Å². The number of rotatable bonds is 6.